The zero-order valence-electron chi connectivity index (χ0n) is 12.0. The van der Waals surface area contributed by atoms with E-state index in [0.29, 0.717) is 0 Å². The molecule has 0 aliphatic rings. The summed E-state index contributed by atoms with van der Waals surface area (Å²) in [5.74, 6) is -0.550. The number of amides is 2. The van der Waals surface area contributed by atoms with Crippen molar-refractivity contribution >= 4 is 18.0 Å². The predicted octanol–water partition coefficient (Wildman–Crippen LogP) is 2.33. The maximum Gasteiger partial charge on any atom is 0.252 e. The molecule has 0 fully saturated rings. The van der Waals surface area contributed by atoms with E-state index in [0.717, 1.165) is 11.5 Å². The summed E-state index contributed by atoms with van der Waals surface area (Å²) < 4.78 is 0. The highest BCUT2D eigenvalue weighted by atomic mass is 16.5. The minimum absolute atomic E-state index is 0. The van der Waals surface area contributed by atoms with Gasteiger partial charge in [0.1, 0.15) is 6.42 Å². The van der Waals surface area contributed by atoms with Crippen LogP contribution in [0.4, 0.5) is 0 Å². The Labute approximate surface area is 126 Å². The molecule has 0 radical (unpaired) electrons. The van der Waals surface area contributed by atoms with Crippen LogP contribution in [-0.4, -0.2) is 23.2 Å². The number of carbonyl (C=O) groups excluding carboxylic acids is 2. The van der Waals surface area contributed by atoms with E-state index in [1.54, 1.807) is 0 Å². The first kappa shape index (κ1) is 21.1. The van der Waals surface area contributed by atoms with Gasteiger partial charge in [-0.25, -0.2) is 10.9 Å². The molecule has 0 aliphatic carbocycles. The molecule has 6 nitrogen and oxygen atoms in total. The predicted molar refractivity (Wildman–Crippen MR) is 84.0 cm³/mol. The molecule has 2 amide bonds. The van der Waals surface area contributed by atoms with E-state index >= 15 is 0 Å². The van der Waals surface area contributed by atoms with Gasteiger partial charge in [-0.2, -0.15) is 5.10 Å². The van der Waals surface area contributed by atoms with Gasteiger partial charge in [0, 0.05) is 0 Å². The van der Waals surface area contributed by atoms with E-state index in [-0.39, 0.29) is 7.43 Å². The van der Waals surface area contributed by atoms with Crippen LogP contribution in [-0.2, 0) is 9.59 Å². The molecule has 0 atom stereocenters. The van der Waals surface area contributed by atoms with Gasteiger partial charge in [-0.3, -0.25) is 14.8 Å². The van der Waals surface area contributed by atoms with Crippen LogP contribution in [0.1, 0.15) is 40.2 Å². The highest BCUT2D eigenvalue weighted by Crippen LogP contribution is 1.93. The highest BCUT2D eigenvalue weighted by Gasteiger charge is 2.06. The van der Waals surface area contributed by atoms with Gasteiger partial charge in [0.15, 0.2) is 0 Å². The van der Waals surface area contributed by atoms with Gasteiger partial charge in [0.25, 0.3) is 5.91 Å². The normalized spacial score (nSPS) is 9.38. The average molecular weight is 295 g/mol. The van der Waals surface area contributed by atoms with Gasteiger partial charge < -0.3 is 0 Å². The van der Waals surface area contributed by atoms with Gasteiger partial charge in [0.05, 0.1) is 6.21 Å². The van der Waals surface area contributed by atoms with Crippen LogP contribution < -0.4 is 10.9 Å². The van der Waals surface area contributed by atoms with Crippen molar-refractivity contribution < 1.29 is 14.8 Å². The Kier molecular flexibility index (Phi) is 12.9. The molecule has 21 heavy (non-hydrogen) atoms. The van der Waals surface area contributed by atoms with E-state index in [1.807, 2.05) is 30.3 Å². The molecule has 0 saturated carbocycles. The van der Waals surface area contributed by atoms with E-state index < -0.39 is 18.2 Å². The van der Waals surface area contributed by atoms with Crippen molar-refractivity contribution in [1.29, 1.82) is 0 Å². The lowest BCUT2D eigenvalue weighted by Crippen LogP contribution is -2.27. The fourth-order valence-corrected chi connectivity index (χ4v) is 0.943. The molecule has 118 valence electrons. The zero-order valence-corrected chi connectivity index (χ0v) is 12.0. The van der Waals surface area contributed by atoms with Crippen molar-refractivity contribution in [2.45, 2.75) is 34.6 Å². The zero-order chi connectivity index (χ0) is 15.4. The third-order valence-electron chi connectivity index (χ3n) is 1.65. The minimum Gasteiger partial charge on any atom is -0.289 e. The smallest absolute Gasteiger partial charge is 0.252 e. The number of carbonyl (C=O) groups is 2. The molecule has 1 aromatic rings. The number of nitrogens with one attached hydrogen (secondary N) is 2. The second-order valence-corrected chi connectivity index (χ2v) is 4.65. The standard InChI is InChI=1S/C10H11N3O3.C4H10.CH4/c14-9(6-10(15)13-16)12-11-7-8-4-2-1-3-5-8;1-4(2)3;/h1-5,7,16H,6H2,(H,12,14)(H,13,15);4H,1-3H3;1H4/b11-7+;;. The van der Waals surface area contributed by atoms with Crippen molar-refractivity contribution in [3.05, 3.63) is 35.9 Å². The monoisotopic (exact) mass is 295 g/mol. The van der Waals surface area contributed by atoms with Crippen molar-refractivity contribution in [2.24, 2.45) is 11.0 Å². The van der Waals surface area contributed by atoms with Crippen molar-refractivity contribution in [2.75, 3.05) is 0 Å². The molecule has 0 heterocycles. The summed E-state index contributed by atoms with van der Waals surface area (Å²) in [7, 11) is 0. The molecule has 6 heteroatoms. The molecule has 0 spiro atoms. The molecule has 0 unspecified atom stereocenters. The molecule has 1 aromatic carbocycles. The SMILES string of the molecule is C.CC(C)C.O=C(CC(=O)N/N=C/c1ccccc1)NO. The lowest BCUT2D eigenvalue weighted by atomic mass is 10.2. The van der Waals surface area contributed by atoms with Gasteiger partial charge in [-0.15, -0.1) is 0 Å². The van der Waals surface area contributed by atoms with Crippen molar-refractivity contribution in [3.8, 4) is 0 Å². The van der Waals surface area contributed by atoms with Gasteiger partial charge >= 0.3 is 0 Å². The van der Waals surface area contributed by atoms with Crippen LogP contribution in [0.3, 0.4) is 0 Å². The van der Waals surface area contributed by atoms with E-state index in [9.17, 15) is 9.59 Å². The molecule has 0 saturated heterocycles. The molecule has 0 bridgehead atoms. The molecular weight excluding hydrogens is 270 g/mol. The molecule has 0 aromatic heterocycles. The number of nitrogens with zero attached hydrogens (tertiary/aromatic N) is 1. The largest absolute Gasteiger partial charge is 0.289 e. The lowest BCUT2D eigenvalue weighted by molar-refractivity contribution is -0.134. The number of hydrazone groups is 1. The summed E-state index contributed by atoms with van der Waals surface area (Å²) in [6.45, 7) is 6.50. The number of hydrogen-bond donors (Lipinski definition) is 3. The van der Waals surface area contributed by atoms with Gasteiger partial charge in [-0.1, -0.05) is 58.5 Å². The lowest BCUT2D eigenvalue weighted by Gasteiger charge is -1.97. The first-order valence-electron chi connectivity index (χ1n) is 6.25. The van der Waals surface area contributed by atoms with Crippen LogP contribution in [0.5, 0.6) is 0 Å². The summed E-state index contributed by atoms with van der Waals surface area (Å²) in [6, 6.07) is 9.17. The van der Waals surface area contributed by atoms with E-state index in [4.69, 9.17) is 5.21 Å². The fourth-order valence-electron chi connectivity index (χ4n) is 0.943. The van der Waals surface area contributed by atoms with E-state index in [2.05, 4.69) is 31.3 Å². The summed E-state index contributed by atoms with van der Waals surface area (Å²) in [6.07, 6.45) is 0.984. The fraction of sp³-hybridized carbons (Fsp3) is 0.400. The Morgan fingerprint density at radius 3 is 2.19 bits per heavy atom. The summed E-state index contributed by atoms with van der Waals surface area (Å²) >= 11 is 0. The topological polar surface area (TPSA) is 90.8 Å². The Morgan fingerprint density at radius 2 is 1.71 bits per heavy atom. The first-order valence-corrected chi connectivity index (χ1v) is 6.25. The van der Waals surface area contributed by atoms with Crippen molar-refractivity contribution in [3.63, 3.8) is 0 Å². The quantitative estimate of drug-likeness (QED) is 0.344. The Balaban J connectivity index is 0. The number of benzene rings is 1. The van der Waals surface area contributed by atoms with Crippen molar-refractivity contribution in [1.82, 2.24) is 10.9 Å². The van der Waals surface area contributed by atoms with Crippen LogP contribution in [0, 0.1) is 5.92 Å². The summed E-state index contributed by atoms with van der Waals surface area (Å²) in [5, 5.41) is 11.8. The summed E-state index contributed by atoms with van der Waals surface area (Å²) in [4.78, 5) is 21.6. The second-order valence-electron chi connectivity index (χ2n) is 4.65. The Hall–Kier alpha value is -2.21. The number of rotatable bonds is 4. The average Bonchev–Trinajstić information content (AvgIpc) is 2.39. The van der Waals surface area contributed by atoms with Crippen LogP contribution in [0.25, 0.3) is 0 Å². The van der Waals surface area contributed by atoms with Gasteiger partial charge in [-0.05, 0) is 11.5 Å². The maximum atomic E-state index is 11.0. The van der Waals surface area contributed by atoms with E-state index in [1.165, 1.54) is 11.7 Å². The highest BCUT2D eigenvalue weighted by molar-refractivity contribution is 5.96. The minimum atomic E-state index is -0.785. The second kappa shape index (κ2) is 12.8. The third-order valence-corrected chi connectivity index (χ3v) is 1.65. The summed E-state index contributed by atoms with van der Waals surface area (Å²) in [5.41, 5.74) is 4.34. The molecule has 1 rings (SSSR count). The Bertz CT molecular complexity index is 428. The van der Waals surface area contributed by atoms with Crippen LogP contribution in [0.2, 0.25) is 0 Å². The van der Waals surface area contributed by atoms with Gasteiger partial charge in [0.2, 0.25) is 5.91 Å². The van der Waals surface area contributed by atoms with Crippen LogP contribution >= 0.6 is 0 Å². The Morgan fingerprint density at radius 1 is 1.19 bits per heavy atom. The number of hydrogen-bond acceptors (Lipinski definition) is 4. The molecule has 3 N–H and O–H groups in total. The first-order chi connectivity index (χ1) is 9.45. The van der Waals surface area contributed by atoms with Crippen LogP contribution in [0.15, 0.2) is 35.4 Å². The third kappa shape index (κ3) is 14.0. The maximum absolute atomic E-state index is 11.0. The number of hydroxylamine groups is 1. The molecular formula is C15H25N3O3. The molecule has 0 aliphatic heterocycles.